The molecule has 3 aromatic carbocycles. The molecule has 27 heavy (non-hydrogen) atoms. The fraction of sp³-hybridized carbons (Fsp3) is 0.0909. The van der Waals surface area contributed by atoms with Gasteiger partial charge in [-0.05, 0) is 24.3 Å². The van der Waals surface area contributed by atoms with Crippen molar-refractivity contribution < 1.29 is 9.47 Å². The van der Waals surface area contributed by atoms with Crippen molar-refractivity contribution in [2.24, 2.45) is 0 Å². The van der Waals surface area contributed by atoms with E-state index in [1.807, 2.05) is 72.8 Å². The van der Waals surface area contributed by atoms with Crippen LogP contribution in [0.5, 0.6) is 11.5 Å². The van der Waals surface area contributed by atoms with Crippen molar-refractivity contribution in [2.75, 3.05) is 14.2 Å². The van der Waals surface area contributed by atoms with E-state index >= 15 is 0 Å². The predicted molar refractivity (Wildman–Crippen MR) is 105 cm³/mol. The van der Waals surface area contributed by atoms with E-state index in [0.717, 1.165) is 16.5 Å². The number of hydrogen-bond donors (Lipinski definition) is 1. The number of para-hydroxylation sites is 1. The van der Waals surface area contributed by atoms with Gasteiger partial charge in [0.25, 0.3) is 0 Å². The Bertz CT molecular complexity index is 1170. The number of fused-ring (bicyclic) bond motifs is 1. The number of methoxy groups -OCH3 is 2. The summed E-state index contributed by atoms with van der Waals surface area (Å²) in [5.74, 6) is 2.00. The molecule has 0 bridgehead atoms. The third-order valence-electron chi connectivity index (χ3n) is 4.48. The maximum absolute atomic E-state index is 8.89. The average molecular weight is 357 g/mol. The third kappa shape index (κ3) is 2.93. The van der Waals surface area contributed by atoms with Crippen LogP contribution in [0.4, 0.5) is 0 Å². The molecule has 0 aliphatic rings. The molecule has 0 aliphatic heterocycles. The smallest absolute Gasteiger partial charge is 0.146 e. The molecule has 0 radical (unpaired) electrons. The number of nitrogens with zero attached hydrogens (tertiary/aromatic N) is 2. The van der Waals surface area contributed by atoms with E-state index in [0.29, 0.717) is 28.5 Å². The molecule has 4 rings (SSSR count). The van der Waals surface area contributed by atoms with E-state index in [-0.39, 0.29) is 0 Å². The Hall–Kier alpha value is -3.60. The van der Waals surface area contributed by atoms with Gasteiger partial charge in [-0.15, -0.1) is 0 Å². The summed E-state index contributed by atoms with van der Waals surface area (Å²) in [6.45, 7) is 0. The molecule has 1 aromatic heterocycles. The largest absolute Gasteiger partial charge is 0.497 e. The summed E-state index contributed by atoms with van der Waals surface area (Å²) in [5.41, 5.74) is 2.74. The lowest BCUT2D eigenvalue weighted by molar-refractivity contribution is 0.401. The predicted octanol–water partition coefficient (Wildman–Crippen LogP) is 4.19. The van der Waals surface area contributed by atoms with Crippen molar-refractivity contribution in [2.45, 2.75) is 0 Å². The van der Waals surface area contributed by atoms with Gasteiger partial charge in [0.15, 0.2) is 0 Å². The molecule has 0 atom stereocenters. The highest BCUT2D eigenvalue weighted by Crippen LogP contribution is 2.30. The Kier molecular flexibility index (Phi) is 4.34. The summed E-state index contributed by atoms with van der Waals surface area (Å²) in [4.78, 5) is 4.86. The van der Waals surface area contributed by atoms with Crippen LogP contribution in [0.1, 0.15) is 0 Å². The molecule has 0 unspecified atom stereocenters. The average Bonchev–Trinajstić information content (AvgIpc) is 2.74. The van der Waals surface area contributed by atoms with Gasteiger partial charge in [0.1, 0.15) is 22.8 Å². The topological polar surface area (TPSA) is 60.1 Å². The van der Waals surface area contributed by atoms with Crippen LogP contribution in [0.15, 0.2) is 72.8 Å². The fourth-order valence-electron chi connectivity index (χ4n) is 3.15. The normalized spacial score (nSPS) is 10.7. The van der Waals surface area contributed by atoms with Gasteiger partial charge in [-0.2, -0.15) is 0 Å². The zero-order valence-electron chi connectivity index (χ0n) is 15.1. The second-order valence-corrected chi connectivity index (χ2v) is 6.04. The molecular formula is C22H19N3O2. The minimum absolute atomic E-state index is 0.339. The molecule has 0 spiro atoms. The van der Waals surface area contributed by atoms with E-state index in [2.05, 4.69) is 0 Å². The summed E-state index contributed by atoms with van der Waals surface area (Å²) < 4.78 is 12.8. The van der Waals surface area contributed by atoms with Crippen molar-refractivity contribution in [1.29, 1.82) is 5.41 Å². The fourth-order valence-corrected chi connectivity index (χ4v) is 3.15. The Morgan fingerprint density at radius 1 is 0.852 bits per heavy atom. The number of hydrogen-bond acceptors (Lipinski definition) is 4. The van der Waals surface area contributed by atoms with E-state index in [1.165, 1.54) is 0 Å². The molecule has 0 saturated heterocycles. The summed E-state index contributed by atoms with van der Waals surface area (Å²) >= 11 is 0. The van der Waals surface area contributed by atoms with Crippen molar-refractivity contribution in [3.8, 4) is 28.6 Å². The first-order valence-electron chi connectivity index (χ1n) is 8.57. The van der Waals surface area contributed by atoms with Crippen molar-refractivity contribution in [3.63, 3.8) is 0 Å². The number of aromatic nitrogens is 2. The van der Waals surface area contributed by atoms with Gasteiger partial charge >= 0.3 is 0 Å². The van der Waals surface area contributed by atoms with Crippen LogP contribution in [0, 0.1) is 5.41 Å². The van der Waals surface area contributed by atoms with E-state index in [1.54, 1.807) is 18.8 Å². The molecule has 5 heteroatoms. The highest BCUT2D eigenvalue weighted by molar-refractivity contribution is 5.80. The van der Waals surface area contributed by atoms with Gasteiger partial charge in [-0.25, -0.2) is 4.98 Å². The highest BCUT2D eigenvalue weighted by Gasteiger charge is 2.16. The SMILES string of the molecule is COc1ccc(OC)c(-n2c(-c3ccccc3)nc3ccccc3c2=N)c1. The molecule has 1 N–H and O–H groups in total. The van der Waals surface area contributed by atoms with Crippen molar-refractivity contribution >= 4 is 10.9 Å². The molecule has 0 amide bonds. The highest BCUT2D eigenvalue weighted by atomic mass is 16.5. The first kappa shape index (κ1) is 16.8. The zero-order valence-corrected chi connectivity index (χ0v) is 15.1. The summed E-state index contributed by atoms with van der Waals surface area (Å²) in [7, 11) is 3.24. The Morgan fingerprint density at radius 3 is 2.33 bits per heavy atom. The standard InChI is InChI=1S/C22H19N3O2/c1-26-16-12-13-20(27-2)19(14-16)25-21(23)17-10-6-7-11-18(17)24-22(25)15-8-4-3-5-9-15/h3-14,23H,1-2H3. The lowest BCUT2D eigenvalue weighted by atomic mass is 10.1. The minimum Gasteiger partial charge on any atom is -0.497 e. The van der Waals surface area contributed by atoms with E-state index < -0.39 is 0 Å². The van der Waals surface area contributed by atoms with Crippen LogP contribution in [0.25, 0.3) is 28.0 Å². The Balaban J connectivity index is 2.14. The molecule has 1 heterocycles. The molecule has 0 aliphatic carbocycles. The van der Waals surface area contributed by atoms with Gasteiger partial charge in [0.2, 0.25) is 0 Å². The number of ether oxygens (including phenoxy) is 2. The monoisotopic (exact) mass is 357 g/mol. The van der Waals surface area contributed by atoms with Gasteiger partial charge in [-0.3, -0.25) is 9.98 Å². The number of benzene rings is 3. The molecule has 0 saturated carbocycles. The second-order valence-electron chi connectivity index (χ2n) is 6.04. The lowest BCUT2D eigenvalue weighted by Gasteiger charge is -2.18. The Labute approximate surface area is 157 Å². The lowest BCUT2D eigenvalue weighted by Crippen LogP contribution is -2.22. The third-order valence-corrected chi connectivity index (χ3v) is 4.48. The van der Waals surface area contributed by atoms with Gasteiger partial charge in [0.05, 0.1) is 25.4 Å². The first-order chi connectivity index (χ1) is 13.2. The molecular weight excluding hydrogens is 338 g/mol. The summed E-state index contributed by atoms with van der Waals surface area (Å²) in [5, 5.41) is 9.66. The summed E-state index contributed by atoms with van der Waals surface area (Å²) in [6.07, 6.45) is 0. The van der Waals surface area contributed by atoms with Gasteiger partial charge in [-0.1, -0.05) is 42.5 Å². The first-order valence-corrected chi connectivity index (χ1v) is 8.57. The van der Waals surface area contributed by atoms with E-state index in [4.69, 9.17) is 19.9 Å². The van der Waals surface area contributed by atoms with Gasteiger partial charge in [0, 0.05) is 17.0 Å². The Morgan fingerprint density at radius 2 is 1.59 bits per heavy atom. The van der Waals surface area contributed by atoms with Crippen LogP contribution in [-0.2, 0) is 0 Å². The van der Waals surface area contributed by atoms with Crippen molar-refractivity contribution in [3.05, 3.63) is 78.3 Å². The van der Waals surface area contributed by atoms with Crippen LogP contribution in [0.2, 0.25) is 0 Å². The van der Waals surface area contributed by atoms with Crippen LogP contribution >= 0.6 is 0 Å². The molecule has 0 fully saturated rings. The summed E-state index contributed by atoms with van der Waals surface area (Å²) in [6, 6.07) is 23.1. The second kappa shape index (κ2) is 6.96. The molecule has 134 valence electrons. The van der Waals surface area contributed by atoms with Crippen molar-refractivity contribution in [1.82, 2.24) is 9.55 Å². The zero-order chi connectivity index (χ0) is 18.8. The minimum atomic E-state index is 0.339. The molecule has 5 nitrogen and oxygen atoms in total. The maximum Gasteiger partial charge on any atom is 0.146 e. The van der Waals surface area contributed by atoms with Crippen LogP contribution < -0.4 is 15.0 Å². The van der Waals surface area contributed by atoms with Gasteiger partial charge < -0.3 is 9.47 Å². The van der Waals surface area contributed by atoms with E-state index in [9.17, 15) is 0 Å². The quantitative estimate of drug-likeness (QED) is 0.596. The van der Waals surface area contributed by atoms with Crippen LogP contribution in [-0.4, -0.2) is 23.8 Å². The number of rotatable bonds is 4. The number of nitrogens with one attached hydrogen (secondary N) is 1. The molecule has 4 aromatic rings. The maximum atomic E-state index is 8.89. The van der Waals surface area contributed by atoms with Crippen LogP contribution in [0.3, 0.4) is 0 Å².